The Labute approximate surface area is 120 Å². The number of hydrogen-bond donors (Lipinski definition) is 0. The average Bonchev–Trinajstić information content (AvgIpc) is 2.47. The highest BCUT2D eigenvalue weighted by Gasteiger charge is 2.16. The molecule has 5 heteroatoms. The zero-order chi connectivity index (χ0) is 15.1. The van der Waals surface area contributed by atoms with Crippen molar-refractivity contribution in [1.29, 1.82) is 0 Å². The van der Waals surface area contributed by atoms with Crippen molar-refractivity contribution in [1.82, 2.24) is 4.98 Å². The number of fused-ring (bicyclic) bond motifs is 2. The third-order valence-electron chi connectivity index (χ3n) is 3.41. The van der Waals surface area contributed by atoms with Gasteiger partial charge in [0.2, 0.25) is 11.1 Å². The van der Waals surface area contributed by atoms with Crippen LogP contribution < -0.4 is 5.43 Å². The fourth-order valence-corrected chi connectivity index (χ4v) is 2.30. The summed E-state index contributed by atoms with van der Waals surface area (Å²) in [4.78, 5) is 28.5. The summed E-state index contributed by atoms with van der Waals surface area (Å²) in [5, 5.41) is 0.753. The molecule has 5 nitrogen and oxygen atoms in total. The van der Waals surface area contributed by atoms with E-state index in [2.05, 4.69) is 4.98 Å². The lowest BCUT2D eigenvalue weighted by atomic mass is 10.1. The number of hydrogen-bond acceptors (Lipinski definition) is 5. The van der Waals surface area contributed by atoms with Gasteiger partial charge in [-0.1, -0.05) is 11.6 Å². The lowest BCUT2D eigenvalue weighted by Gasteiger charge is -2.06. The standard InChI is InChI=1S/C16H13NO4/c1-8-4-5-13-11(6-8)14(18)12-7-10(16(19)20-3)9(2)17-15(12)21-13/h4-7H,1-3H3. The molecule has 0 saturated heterocycles. The monoisotopic (exact) mass is 283 g/mol. The van der Waals surface area contributed by atoms with Gasteiger partial charge in [0.05, 0.1) is 29.1 Å². The number of rotatable bonds is 1. The number of benzene rings is 1. The first-order valence-corrected chi connectivity index (χ1v) is 6.44. The van der Waals surface area contributed by atoms with Crippen LogP contribution in [-0.4, -0.2) is 18.1 Å². The van der Waals surface area contributed by atoms with Crippen LogP contribution >= 0.6 is 0 Å². The van der Waals surface area contributed by atoms with Crippen molar-refractivity contribution < 1.29 is 13.9 Å². The maximum atomic E-state index is 12.6. The average molecular weight is 283 g/mol. The molecule has 0 unspecified atom stereocenters. The Morgan fingerprint density at radius 2 is 1.95 bits per heavy atom. The first kappa shape index (κ1) is 13.3. The van der Waals surface area contributed by atoms with Crippen molar-refractivity contribution in [2.45, 2.75) is 13.8 Å². The van der Waals surface area contributed by atoms with Crippen molar-refractivity contribution in [3.63, 3.8) is 0 Å². The Morgan fingerprint density at radius 3 is 2.67 bits per heavy atom. The zero-order valence-corrected chi connectivity index (χ0v) is 11.9. The molecule has 0 fully saturated rings. The van der Waals surface area contributed by atoms with E-state index in [9.17, 15) is 9.59 Å². The third-order valence-corrected chi connectivity index (χ3v) is 3.41. The third kappa shape index (κ3) is 2.07. The van der Waals surface area contributed by atoms with Crippen LogP contribution in [0.3, 0.4) is 0 Å². The summed E-state index contributed by atoms with van der Waals surface area (Å²) in [6, 6.07) is 6.86. The van der Waals surface area contributed by atoms with Crippen LogP contribution in [0.15, 0.2) is 33.5 Å². The maximum Gasteiger partial charge on any atom is 0.339 e. The molecule has 0 saturated carbocycles. The maximum absolute atomic E-state index is 12.6. The molecular weight excluding hydrogens is 270 g/mol. The van der Waals surface area contributed by atoms with Gasteiger partial charge in [-0.15, -0.1) is 0 Å². The van der Waals surface area contributed by atoms with E-state index in [1.54, 1.807) is 19.1 Å². The van der Waals surface area contributed by atoms with Crippen LogP contribution in [0.4, 0.5) is 0 Å². The summed E-state index contributed by atoms with van der Waals surface area (Å²) in [6.07, 6.45) is 0. The summed E-state index contributed by atoms with van der Waals surface area (Å²) >= 11 is 0. The zero-order valence-electron chi connectivity index (χ0n) is 11.9. The van der Waals surface area contributed by atoms with Gasteiger partial charge in [-0.05, 0) is 32.0 Å². The molecule has 0 aliphatic rings. The molecular formula is C16H13NO4. The smallest absolute Gasteiger partial charge is 0.339 e. The molecule has 1 aromatic carbocycles. The lowest BCUT2D eigenvalue weighted by Crippen LogP contribution is -2.09. The quantitative estimate of drug-likeness (QED) is 0.507. The Morgan fingerprint density at radius 1 is 1.19 bits per heavy atom. The molecule has 0 spiro atoms. The van der Waals surface area contributed by atoms with Crippen molar-refractivity contribution in [3.05, 3.63) is 51.3 Å². The number of methoxy groups -OCH3 is 1. The number of nitrogens with zero attached hydrogens (tertiary/aromatic N) is 1. The van der Waals surface area contributed by atoms with E-state index in [0.29, 0.717) is 16.7 Å². The minimum atomic E-state index is -0.523. The molecule has 0 atom stereocenters. The fraction of sp³-hybridized carbons (Fsp3) is 0.188. The summed E-state index contributed by atoms with van der Waals surface area (Å²) in [5.74, 6) is -0.523. The summed E-state index contributed by atoms with van der Waals surface area (Å²) in [5.41, 5.74) is 2.20. The van der Waals surface area contributed by atoms with Gasteiger partial charge in [0.15, 0.2) is 0 Å². The predicted molar refractivity (Wildman–Crippen MR) is 78.6 cm³/mol. The molecule has 3 rings (SSSR count). The van der Waals surface area contributed by atoms with Crippen molar-refractivity contribution in [2.75, 3.05) is 7.11 Å². The number of carbonyl (C=O) groups excluding carboxylic acids is 1. The molecule has 0 aliphatic carbocycles. The van der Waals surface area contributed by atoms with Gasteiger partial charge in [0, 0.05) is 0 Å². The topological polar surface area (TPSA) is 69.4 Å². The largest absolute Gasteiger partial charge is 0.465 e. The molecule has 0 amide bonds. The van der Waals surface area contributed by atoms with E-state index in [4.69, 9.17) is 9.15 Å². The van der Waals surface area contributed by atoms with Gasteiger partial charge in [-0.3, -0.25) is 4.79 Å². The van der Waals surface area contributed by atoms with Gasteiger partial charge >= 0.3 is 5.97 Å². The van der Waals surface area contributed by atoms with Gasteiger partial charge in [0.1, 0.15) is 5.58 Å². The van der Waals surface area contributed by atoms with Gasteiger partial charge < -0.3 is 9.15 Å². The fourth-order valence-electron chi connectivity index (χ4n) is 2.30. The van der Waals surface area contributed by atoms with Crippen LogP contribution in [0.25, 0.3) is 22.1 Å². The normalized spacial score (nSPS) is 11.0. The van der Waals surface area contributed by atoms with E-state index >= 15 is 0 Å². The summed E-state index contributed by atoms with van der Waals surface area (Å²) < 4.78 is 10.4. The molecule has 0 bridgehead atoms. The molecule has 106 valence electrons. The highest BCUT2D eigenvalue weighted by atomic mass is 16.5. The second kappa shape index (κ2) is 4.70. The van der Waals surface area contributed by atoms with Crippen LogP contribution in [0, 0.1) is 13.8 Å². The first-order chi connectivity index (χ1) is 10.0. The number of esters is 1. The molecule has 0 aliphatic heterocycles. The number of pyridine rings is 1. The SMILES string of the molecule is COC(=O)c1cc2c(=O)c3cc(C)ccc3oc2nc1C. The number of aromatic nitrogens is 1. The highest BCUT2D eigenvalue weighted by Crippen LogP contribution is 2.20. The molecule has 2 heterocycles. The van der Waals surface area contributed by atoms with E-state index in [1.165, 1.54) is 13.2 Å². The Balaban J connectivity index is 2.44. The van der Waals surface area contributed by atoms with E-state index in [0.717, 1.165) is 5.56 Å². The molecule has 21 heavy (non-hydrogen) atoms. The van der Waals surface area contributed by atoms with E-state index < -0.39 is 5.97 Å². The number of ether oxygens (including phenoxy) is 1. The number of aryl methyl sites for hydroxylation is 2. The Hall–Kier alpha value is -2.69. The summed E-state index contributed by atoms with van der Waals surface area (Å²) in [6.45, 7) is 3.57. The van der Waals surface area contributed by atoms with Gasteiger partial charge in [-0.2, -0.15) is 0 Å². The van der Waals surface area contributed by atoms with Crippen LogP contribution in [0.1, 0.15) is 21.6 Å². The second-order valence-corrected chi connectivity index (χ2v) is 4.90. The van der Waals surface area contributed by atoms with Crippen molar-refractivity contribution in [2.24, 2.45) is 0 Å². The second-order valence-electron chi connectivity index (χ2n) is 4.90. The van der Waals surface area contributed by atoms with Gasteiger partial charge in [-0.25, -0.2) is 9.78 Å². The molecule has 0 radical (unpaired) electrons. The lowest BCUT2D eigenvalue weighted by molar-refractivity contribution is 0.0599. The minimum absolute atomic E-state index is 0.201. The first-order valence-electron chi connectivity index (χ1n) is 6.44. The van der Waals surface area contributed by atoms with Crippen LogP contribution in [0.2, 0.25) is 0 Å². The van der Waals surface area contributed by atoms with Crippen LogP contribution in [-0.2, 0) is 4.74 Å². The molecule has 3 aromatic rings. The predicted octanol–water partition coefficient (Wildman–Crippen LogP) is 2.74. The van der Waals surface area contributed by atoms with Gasteiger partial charge in [0.25, 0.3) is 0 Å². The Bertz CT molecular complexity index is 940. The highest BCUT2D eigenvalue weighted by molar-refractivity contribution is 5.96. The molecule has 2 aromatic heterocycles. The summed E-state index contributed by atoms with van der Waals surface area (Å²) in [7, 11) is 1.29. The minimum Gasteiger partial charge on any atom is -0.465 e. The van der Waals surface area contributed by atoms with Crippen molar-refractivity contribution in [3.8, 4) is 0 Å². The molecule has 0 N–H and O–H groups in total. The van der Waals surface area contributed by atoms with Crippen LogP contribution in [0.5, 0.6) is 0 Å². The van der Waals surface area contributed by atoms with Crippen molar-refractivity contribution >= 4 is 28.0 Å². The van der Waals surface area contributed by atoms with E-state index in [-0.39, 0.29) is 22.1 Å². The number of carbonyl (C=O) groups is 1. The van der Waals surface area contributed by atoms with E-state index in [1.807, 2.05) is 13.0 Å². The Kier molecular flexibility index (Phi) is 2.97.